The van der Waals surface area contributed by atoms with Gasteiger partial charge in [0.2, 0.25) is 21.8 Å². The largest absolute Gasteiger partial charge is 0.355 e. The van der Waals surface area contributed by atoms with Crippen molar-refractivity contribution in [3.63, 3.8) is 0 Å². The molecule has 39 heavy (non-hydrogen) atoms. The first-order valence-electron chi connectivity index (χ1n) is 13.2. The van der Waals surface area contributed by atoms with Gasteiger partial charge in [0.05, 0.1) is 11.9 Å². The molecule has 0 heterocycles. The van der Waals surface area contributed by atoms with Crippen molar-refractivity contribution in [2.45, 2.75) is 52.6 Å². The number of rotatable bonds is 12. The Labute approximate surface area is 232 Å². The molecular weight excluding hydrogens is 510 g/mol. The lowest BCUT2D eigenvalue weighted by atomic mass is 10.0. The zero-order valence-corrected chi connectivity index (χ0v) is 24.2. The third-order valence-corrected chi connectivity index (χ3v) is 7.73. The Morgan fingerprint density at radius 3 is 2.10 bits per heavy atom. The summed E-state index contributed by atoms with van der Waals surface area (Å²) >= 11 is 0. The molecule has 8 heteroatoms. The fraction of sp³-hybridized carbons (Fsp3) is 0.355. The van der Waals surface area contributed by atoms with Gasteiger partial charge in [-0.05, 0) is 48.6 Å². The van der Waals surface area contributed by atoms with Crippen LogP contribution in [0.15, 0.2) is 78.9 Å². The highest BCUT2D eigenvalue weighted by Crippen LogP contribution is 2.23. The van der Waals surface area contributed by atoms with Crippen LogP contribution in [0.5, 0.6) is 0 Å². The van der Waals surface area contributed by atoms with Gasteiger partial charge in [0.25, 0.3) is 0 Å². The van der Waals surface area contributed by atoms with Gasteiger partial charge in [-0.15, -0.1) is 0 Å². The SMILES string of the molecule is CCNC(=O)[C@@H](Cc1ccccc1)N(Cc1cccc(C)c1)C(=O)CN(c1ccc(C(C)C)cc1)S(C)(=O)=O. The van der Waals surface area contributed by atoms with Crippen LogP contribution in [0.25, 0.3) is 0 Å². The molecule has 3 aromatic carbocycles. The molecule has 2 amide bonds. The molecule has 0 unspecified atom stereocenters. The molecule has 3 aromatic rings. The van der Waals surface area contributed by atoms with Crippen LogP contribution in [0.2, 0.25) is 0 Å². The second-order valence-corrected chi connectivity index (χ2v) is 12.0. The minimum atomic E-state index is -3.79. The minimum absolute atomic E-state index is 0.166. The summed E-state index contributed by atoms with van der Waals surface area (Å²) in [7, 11) is -3.79. The molecule has 0 aromatic heterocycles. The first-order valence-corrected chi connectivity index (χ1v) is 15.1. The summed E-state index contributed by atoms with van der Waals surface area (Å²) in [6.45, 7) is 8.07. The fourth-order valence-corrected chi connectivity index (χ4v) is 5.34. The topological polar surface area (TPSA) is 86.8 Å². The standard InChI is InChI=1S/C31H39N3O4S/c1-6-32-31(36)29(20-25-12-8-7-9-13-25)33(21-26-14-10-11-24(4)19-26)30(35)22-34(39(5,37)38)28-17-15-27(16-18-28)23(2)3/h7-19,23,29H,6,20-22H2,1-5H3,(H,32,36)/t29-/m1/s1. The van der Waals surface area contributed by atoms with Gasteiger partial charge in [-0.25, -0.2) is 8.42 Å². The fourth-order valence-electron chi connectivity index (χ4n) is 4.49. The molecule has 3 rings (SSSR count). The molecule has 0 radical (unpaired) electrons. The van der Waals surface area contributed by atoms with E-state index in [-0.39, 0.29) is 18.4 Å². The maximum atomic E-state index is 14.0. The van der Waals surface area contributed by atoms with E-state index in [1.165, 1.54) is 4.90 Å². The summed E-state index contributed by atoms with van der Waals surface area (Å²) in [4.78, 5) is 28.9. The number of hydrogen-bond acceptors (Lipinski definition) is 4. The Kier molecular flexibility index (Phi) is 10.3. The number of aryl methyl sites for hydroxylation is 1. The molecule has 0 aliphatic heterocycles. The van der Waals surface area contributed by atoms with E-state index in [0.29, 0.717) is 18.7 Å². The Balaban J connectivity index is 2.03. The van der Waals surface area contributed by atoms with Crippen molar-refractivity contribution in [1.29, 1.82) is 0 Å². The minimum Gasteiger partial charge on any atom is -0.355 e. The molecule has 208 valence electrons. The molecule has 1 N–H and O–H groups in total. The van der Waals surface area contributed by atoms with Crippen LogP contribution in [0, 0.1) is 6.92 Å². The summed E-state index contributed by atoms with van der Waals surface area (Å²) in [5.41, 5.74) is 4.26. The number of benzene rings is 3. The van der Waals surface area contributed by atoms with Crippen molar-refractivity contribution in [2.75, 3.05) is 23.7 Å². The van der Waals surface area contributed by atoms with Gasteiger partial charge in [-0.3, -0.25) is 13.9 Å². The highest BCUT2D eigenvalue weighted by atomic mass is 32.2. The zero-order valence-electron chi connectivity index (χ0n) is 23.4. The molecular formula is C31H39N3O4S. The van der Waals surface area contributed by atoms with E-state index in [2.05, 4.69) is 19.2 Å². The number of nitrogens with one attached hydrogen (secondary N) is 1. The predicted octanol–water partition coefficient (Wildman–Crippen LogP) is 4.66. The predicted molar refractivity (Wildman–Crippen MR) is 157 cm³/mol. The molecule has 0 spiro atoms. The van der Waals surface area contributed by atoms with Crippen LogP contribution in [0.4, 0.5) is 5.69 Å². The maximum absolute atomic E-state index is 14.0. The van der Waals surface area contributed by atoms with E-state index in [0.717, 1.165) is 32.8 Å². The van der Waals surface area contributed by atoms with Crippen LogP contribution in [-0.2, 0) is 32.6 Å². The average Bonchev–Trinajstić information content (AvgIpc) is 2.89. The normalized spacial score (nSPS) is 12.2. The molecule has 0 aliphatic carbocycles. The van der Waals surface area contributed by atoms with Crippen molar-refractivity contribution >= 4 is 27.5 Å². The van der Waals surface area contributed by atoms with Gasteiger partial charge in [0.1, 0.15) is 12.6 Å². The Hall–Kier alpha value is -3.65. The maximum Gasteiger partial charge on any atom is 0.244 e. The first kappa shape index (κ1) is 29.9. The van der Waals surface area contributed by atoms with E-state index in [1.54, 1.807) is 12.1 Å². The number of likely N-dealkylation sites (N-methyl/N-ethyl adjacent to an activating group) is 1. The monoisotopic (exact) mass is 549 g/mol. The third kappa shape index (κ3) is 8.42. The average molecular weight is 550 g/mol. The van der Waals surface area contributed by atoms with Crippen LogP contribution in [-0.4, -0.2) is 50.5 Å². The van der Waals surface area contributed by atoms with Crippen LogP contribution >= 0.6 is 0 Å². The Morgan fingerprint density at radius 2 is 1.54 bits per heavy atom. The lowest BCUT2D eigenvalue weighted by Crippen LogP contribution is -2.53. The number of nitrogens with zero attached hydrogens (tertiary/aromatic N) is 2. The number of amides is 2. The summed E-state index contributed by atoms with van der Waals surface area (Å²) in [5, 5.41) is 2.87. The van der Waals surface area contributed by atoms with E-state index in [4.69, 9.17) is 0 Å². The lowest BCUT2D eigenvalue weighted by Gasteiger charge is -2.33. The number of hydrogen-bond donors (Lipinski definition) is 1. The van der Waals surface area contributed by atoms with Crippen LogP contribution < -0.4 is 9.62 Å². The molecule has 0 aliphatic rings. The van der Waals surface area contributed by atoms with Crippen molar-refractivity contribution in [3.8, 4) is 0 Å². The van der Waals surface area contributed by atoms with E-state index >= 15 is 0 Å². The van der Waals surface area contributed by atoms with Gasteiger partial charge < -0.3 is 10.2 Å². The van der Waals surface area contributed by atoms with Crippen LogP contribution in [0.3, 0.4) is 0 Å². The van der Waals surface area contributed by atoms with Gasteiger partial charge in [-0.2, -0.15) is 0 Å². The Morgan fingerprint density at radius 1 is 0.897 bits per heavy atom. The number of anilines is 1. The van der Waals surface area contributed by atoms with Crippen molar-refractivity contribution in [1.82, 2.24) is 10.2 Å². The number of carbonyl (C=O) groups excluding carboxylic acids is 2. The third-order valence-electron chi connectivity index (χ3n) is 6.58. The van der Waals surface area contributed by atoms with Gasteiger partial charge in [0.15, 0.2) is 0 Å². The summed E-state index contributed by atoms with van der Waals surface area (Å²) in [6, 6.07) is 23.6. The molecule has 0 fully saturated rings. The quantitative estimate of drug-likeness (QED) is 0.356. The molecule has 0 saturated heterocycles. The van der Waals surface area contributed by atoms with Crippen LogP contribution in [0.1, 0.15) is 48.9 Å². The summed E-state index contributed by atoms with van der Waals surface area (Å²) in [6.07, 6.45) is 1.39. The van der Waals surface area contributed by atoms with Crippen molar-refractivity contribution < 1.29 is 18.0 Å². The van der Waals surface area contributed by atoms with Gasteiger partial charge in [0, 0.05) is 19.5 Å². The number of carbonyl (C=O) groups is 2. The number of sulfonamides is 1. The van der Waals surface area contributed by atoms with E-state index in [1.807, 2.05) is 80.6 Å². The van der Waals surface area contributed by atoms with E-state index in [9.17, 15) is 18.0 Å². The van der Waals surface area contributed by atoms with E-state index < -0.39 is 28.5 Å². The van der Waals surface area contributed by atoms with Gasteiger partial charge in [-0.1, -0.05) is 86.1 Å². The van der Waals surface area contributed by atoms with Gasteiger partial charge >= 0.3 is 0 Å². The summed E-state index contributed by atoms with van der Waals surface area (Å²) < 4.78 is 26.9. The van der Waals surface area contributed by atoms with Crippen molar-refractivity contribution in [2.24, 2.45) is 0 Å². The molecule has 0 bridgehead atoms. The highest BCUT2D eigenvalue weighted by Gasteiger charge is 2.32. The van der Waals surface area contributed by atoms with Crippen molar-refractivity contribution in [3.05, 3.63) is 101 Å². The lowest BCUT2D eigenvalue weighted by molar-refractivity contribution is -0.140. The Bertz CT molecular complexity index is 1360. The zero-order chi connectivity index (χ0) is 28.6. The second-order valence-electron chi connectivity index (χ2n) is 10.1. The molecule has 7 nitrogen and oxygen atoms in total. The highest BCUT2D eigenvalue weighted by molar-refractivity contribution is 7.92. The smallest absolute Gasteiger partial charge is 0.244 e. The second kappa shape index (κ2) is 13.4. The summed E-state index contributed by atoms with van der Waals surface area (Å²) in [5.74, 6) is -0.454. The molecule has 1 atom stereocenters. The first-order chi connectivity index (χ1) is 18.5. The molecule has 0 saturated carbocycles.